The van der Waals surface area contributed by atoms with Crippen LogP contribution in [0.25, 0.3) is 0 Å². The van der Waals surface area contributed by atoms with E-state index in [0.717, 1.165) is 5.69 Å². The van der Waals surface area contributed by atoms with Crippen molar-refractivity contribution >= 4 is 27.3 Å². The normalized spacial score (nSPS) is 10.9. The maximum absolute atomic E-state index is 11.5. The number of anilines is 3. The van der Waals surface area contributed by atoms with Crippen LogP contribution >= 0.6 is 0 Å². The van der Waals surface area contributed by atoms with Gasteiger partial charge in [0.1, 0.15) is 0 Å². The average Bonchev–Trinajstić information content (AvgIpc) is 2.56. The summed E-state index contributed by atoms with van der Waals surface area (Å²) in [5, 5.41) is 10.8. The summed E-state index contributed by atoms with van der Waals surface area (Å²) >= 11 is 0. The van der Waals surface area contributed by atoms with E-state index in [9.17, 15) is 8.42 Å². The molecule has 2 aromatic rings. The van der Waals surface area contributed by atoms with Crippen molar-refractivity contribution in [3.8, 4) is 11.5 Å². The largest absolute Gasteiger partial charge is 0.493 e. The molecule has 0 aliphatic carbocycles. The maximum atomic E-state index is 11.5. The minimum Gasteiger partial charge on any atom is -0.493 e. The number of methoxy groups -OCH3 is 2. The summed E-state index contributed by atoms with van der Waals surface area (Å²) in [6.07, 6.45) is 0. The molecule has 1 heterocycles. The molecule has 0 atom stereocenters. The third kappa shape index (κ3) is 4.46. The van der Waals surface area contributed by atoms with Crippen molar-refractivity contribution in [2.45, 2.75) is 6.92 Å². The molecule has 23 heavy (non-hydrogen) atoms. The molecule has 2 rings (SSSR count). The number of benzene rings is 1. The quantitative estimate of drug-likeness (QED) is 0.796. The lowest BCUT2D eigenvalue weighted by molar-refractivity contribution is 0.355. The minimum atomic E-state index is -3.36. The highest BCUT2D eigenvalue weighted by molar-refractivity contribution is 7.92. The zero-order chi connectivity index (χ0) is 16.9. The maximum Gasteiger partial charge on any atom is 0.233 e. The van der Waals surface area contributed by atoms with Crippen molar-refractivity contribution in [2.24, 2.45) is 0 Å². The molecular weight excluding hydrogens is 320 g/mol. The monoisotopic (exact) mass is 338 g/mol. The molecule has 1 aromatic heterocycles. The molecule has 0 saturated heterocycles. The van der Waals surface area contributed by atoms with Crippen LogP contribution in [0, 0.1) is 0 Å². The first-order chi connectivity index (χ1) is 11.0. The minimum absolute atomic E-state index is 0.0275. The van der Waals surface area contributed by atoms with Gasteiger partial charge in [-0.2, -0.15) is 0 Å². The van der Waals surface area contributed by atoms with Crippen LogP contribution in [0.2, 0.25) is 0 Å². The zero-order valence-electron chi connectivity index (χ0n) is 13.0. The smallest absolute Gasteiger partial charge is 0.233 e. The van der Waals surface area contributed by atoms with E-state index < -0.39 is 10.0 Å². The SMILES string of the molecule is CCS(=O)(=O)Nc1ccc(Nc2ccc(OC)c(OC)c2)nn1. The Balaban J connectivity index is 2.12. The van der Waals surface area contributed by atoms with Crippen LogP contribution in [0.3, 0.4) is 0 Å². The van der Waals surface area contributed by atoms with Crippen LogP contribution in [-0.4, -0.2) is 38.6 Å². The fourth-order valence-corrected chi connectivity index (χ4v) is 2.32. The van der Waals surface area contributed by atoms with Crippen LogP contribution in [0.5, 0.6) is 11.5 Å². The van der Waals surface area contributed by atoms with E-state index in [2.05, 4.69) is 20.2 Å². The molecule has 124 valence electrons. The van der Waals surface area contributed by atoms with Gasteiger partial charge >= 0.3 is 0 Å². The Bertz CT molecular complexity index is 763. The highest BCUT2D eigenvalue weighted by Gasteiger charge is 2.09. The Labute approximate surface area is 134 Å². The number of hydrogen-bond donors (Lipinski definition) is 2. The molecule has 0 fully saturated rings. The number of hydrogen-bond acceptors (Lipinski definition) is 7. The summed E-state index contributed by atoms with van der Waals surface area (Å²) in [7, 11) is -0.251. The van der Waals surface area contributed by atoms with Crippen LogP contribution in [-0.2, 0) is 10.0 Å². The molecule has 0 amide bonds. The summed E-state index contributed by atoms with van der Waals surface area (Å²) < 4.78 is 35.6. The summed E-state index contributed by atoms with van der Waals surface area (Å²) in [6.45, 7) is 1.54. The van der Waals surface area contributed by atoms with Gasteiger partial charge in [0.05, 0.1) is 20.0 Å². The highest BCUT2D eigenvalue weighted by Crippen LogP contribution is 2.30. The molecular formula is C14H18N4O4S. The Morgan fingerprint density at radius 1 is 1.00 bits per heavy atom. The van der Waals surface area contributed by atoms with Crippen molar-refractivity contribution in [1.82, 2.24) is 10.2 Å². The van der Waals surface area contributed by atoms with Gasteiger partial charge < -0.3 is 14.8 Å². The molecule has 0 unspecified atom stereocenters. The lowest BCUT2D eigenvalue weighted by Crippen LogP contribution is -2.15. The van der Waals surface area contributed by atoms with E-state index >= 15 is 0 Å². The van der Waals surface area contributed by atoms with Gasteiger partial charge in [0.25, 0.3) is 0 Å². The Kier molecular flexibility index (Phi) is 5.22. The van der Waals surface area contributed by atoms with E-state index in [1.54, 1.807) is 45.4 Å². The first-order valence-corrected chi connectivity index (χ1v) is 8.46. The predicted octanol–water partition coefficient (Wildman–Crippen LogP) is 2.00. The molecule has 0 bridgehead atoms. The van der Waals surface area contributed by atoms with Gasteiger partial charge in [-0.05, 0) is 31.2 Å². The molecule has 0 spiro atoms. The van der Waals surface area contributed by atoms with Crippen LogP contribution < -0.4 is 19.5 Å². The van der Waals surface area contributed by atoms with E-state index in [4.69, 9.17) is 9.47 Å². The average molecular weight is 338 g/mol. The first-order valence-electron chi connectivity index (χ1n) is 6.80. The number of nitrogens with one attached hydrogen (secondary N) is 2. The number of rotatable bonds is 7. The lowest BCUT2D eigenvalue weighted by Gasteiger charge is -2.11. The Morgan fingerprint density at radius 2 is 1.65 bits per heavy atom. The molecule has 8 nitrogen and oxygen atoms in total. The van der Waals surface area contributed by atoms with Gasteiger partial charge in [-0.3, -0.25) is 4.72 Å². The Morgan fingerprint density at radius 3 is 2.22 bits per heavy atom. The standard InChI is InChI=1S/C14H18N4O4S/c1-4-23(19,20)18-14-8-7-13(16-17-14)15-10-5-6-11(21-2)12(9-10)22-3/h5-9H,4H2,1-3H3,(H,15,16)(H,17,18). The topological polar surface area (TPSA) is 102 Å². The molecule has 0 aliphatic rings. The second-order valence-corrected chi connectivity index (χ2v) is 6.52. The van der Waals surface area contributed by atoms with Crippen LogP contribution in [0.1, 0.15) is 6.92 Å². The third-order valence-corrected chi connectivity index (χ3v) is 4.24. The third-order valence-electron chi connectivity index (χ3n) is 2.96. The van der Waals surface area contributed by atoms with Gasteiger partial charge in [-0.15, -0.1) is 10.2 Å². The fourth-order valence-electron chi connectivity index (χ4n) is 1.75. The summed E-state index contributed by atoms with van der Waals surface area (Å²) in [5.41, 5.74) is 0.735. The van der Waals surface area contributed by atoms with Gasteiger partial charge in [-0.1, -0.05) is 0 Å². The van der Waals surface area contributed by atoms with Crippen molar-refractivity contribution in [1.29, 1.82) is 0 Å². The van der Waals surface area contributed by atoms with Gasteiger partial charge in [0.15, 0.2) is 23.1 Å². The number of nitrogens with zero attached hydrogens (tertiary/aromatic N) is 2. The molecule has 1 aromatic carbocycles. The molecule has 9 heteroatoms. The zero-order valence-corrected chi connectivity index (χ0v) is 13.8. The molecule has 2 N–H and O–H groups in total. The van der Waals surface area contributed by atoms with E-state index in [-0.39, 0.29) is 11.6 Å². The summed E-state index contributed by atoms with van der Waals surface area (Å²) in [5.74, 6) is 1.81. The summed E-state index contributed by atoms with van der Waals surface area (Å²) in [6, 6.07) is 8.48. The van der Waals surface area contributed by atoms with E-state index in [0.29, 0.717) is 17.3 Å². The van der Waals surface area contributed by atoms with Crippen molar-refractivity contribution < 1.29 is 17.9 Å². The molecule has 0 radical (unpaired) electrons. The van der Waals surface area contributed by atoms with Gasteiger partial charge in [-0.25, -0.2) is 8.42 Å². The number of ether oxygens (including phenoxy) is 2. The first kappa shape index (κ1) is 16.8. The lowest BCUT2D eigenvalue weighted by atomic mass is 10.2. The number of sulfonamides is 1. The highest BCUT2D eigenvalue weighted by atomic mass is 32.2. The van der Waals surface area contributed by atoms with Crippen LogP contribution in [0.4, 0.5) is 17.3 Å². The predicted molar refractivity (Wildman–Crippen MR) is 87.9 cm³/mol. The van der Waals surface area contributed by atoms with E-state index in [1.807, 2.05) is 0 Å². The van der Waals surface area contributed by atoms with Crippen LogP contribution in [0.15, 0.2) is 30.3 Å². The Hall–Kier alpha value is -2.55. The van der Waals surface area contributed by atoms with Gasteiger partial charge in [0, 0.05) is 11.8 Å². The van der Waals surface area contributed by atoms with Crippen molar-refractivity contribution in [3.05, 3.63) is 30.3 Å². The number of aromatic nitrogens is 2. The van der Waals surface area contributed by atoms with Crippen molar-refractivity contribution in [3.63, 3.8) is 0 Å². The molecule has 0 aliphatic heterocycles. The van der Waals surface area contributed by atoms with Gasteiger partial charge in [0.2, 0.25) is 10.0 Å². The fraction of sp³-hybridized carbons (Fsp3) is 0.286. The van der Waals surface area contributed by atoms with E-state index in [1.165, 1.54) is 6.07 Å². The van der Waals surface area contributed by atoms with Crippen molar-refractivity contribution in [2.75, 3.05) is 30.0 Å². The second-order valence-electron chi connectivity index (χ2n) is 4.50. The molecule has 0 saturated carbocycles. The second kappa shape index (κ2) is 7.14. The summed E-state index contributed by atoms with van der Waals surface area (Å²) in [4.78, 5) is 0.